The zero-order valence-corrected chi connectivity index (χ0v) is 8.18. The molecule has 1 aliphatic carbocycles. The topological polar surface area (TPSA) is 37.3 Å². The molecule has 0 aromatic heterocycles. The van der Waals surface area contributed by atoms with Crippen LogP contribution in [0.2, 0.25) is 0 Å². The summed E-state index contributed by atoms with van der Waals surface area (Å²) in [5, 5.41) is 9.83. The summed E-state index contributed by atoms with van der Waals surface area (Å²) < 4.78 is 0. The van der Waals surface area contributed by atoms with Crippen molar-refractivity contribution in [2.45, 2.75) is 52.1 Å². The Labute approximate surface area is 74.0 Å². The van der Waals surface area contributed by atoms with E-state index in [4.69, 9.17) is 0 Å². The highest BCUT2D eigenvalue weighted by atomic mass is 16.3. The number of aliphatic hydroxyl groups is 1. The van der Waals surface area contributed by atoms with E-state index < -0.39 is 5.60 Å². The number of hydrogen-bond acceptors (Lipinski definition) is 2. The van der Waals surface area contributed by atoms with Gasteiger partial charge >= 0.3 is 0 Å². The summed E-state index contributed by atoms with van der Waals surface area (Å²) in [6.45, 7) is 5.86. The van der Waals surface area contributed by atoms with Gasteiger partial charge in [-0.15, -0.1) is 0 Å². The second-order valence-corrected chi connectivity index (χ2v) is 4.75. The monoisotopic (exact) mass is 170 g/mol. The molecule has 70 valence electrons. The Kier molecular flexibility index (Phi) is 2.30. The summed E-state index contributed by atoms with van der Waals surface area (Å²) in [5.41, 5.74) is -0.697. The van der Waals surface area contributed by atoms with E-state index in [0.717, 1.165) is 12.8 Å². The Hall–Kier alpha value is -0.370. The van der Waals surface area contributed by atoms with Gasteiger partial charge in [0.2, 0.25) is 0 Å². The Balaban J connectivity index is 2.62. The summed E-state index contributed by atoms with van der Waals surface area (Å²) in [7, 11) is 0. The molecule has 0 aromatic carbocycles. The molecule has 0 spiro atoms. The Morgan fingerprint density at radius 3 is 1.92 bits per heavy atom. The zero-order chi connectivity index (χ0) is 9.41. The average molecular weight is 170 g/mol. The minimum atomic E-state index is -1.00. The molecule has 1 fully saturated rings. The number of ketones is 1. The maximum atomic E-state index is 11.1. The van der Waals surface area contributed by atoms with Crippen LogP contribution in [-0.2, 0) is 4.79 Å². The van der Waals surface area contributed by atoms with Gasteiger partial charge in [-0.3, -0.25) is 4.79 Å². The molecule has 2 nitrogen and oxygen atoms in total. The first kappa shape index (κ1) is 9.72. The molecule has 1 rings (SSSR count). The fraction of sp³-hybridized carbons (Fsp3) is 0.900. The molecule has 12 heavy (non-hydrogen) atoms. The van der Waals surface area contributed by atoms with Crippen LogP contribution < -0.4 is 0 Å². The van der Waals surface area contributed by atoms with Gasteiger partial charge in [0.25, 0.3) is 0 Å². The lowest BCUT2D eigenvalue weighted by molar-refractivity contribution is -0.140. The maximum absolute atomic E-state index is 11.1. The highest BCUT2D eigenvalue weighted by Gasteiger charge is 2.39. The average Bonchev–Trinajstić information content (AvgIpc) is 1.96. The molecule has 1 saturated carbocycles. The summed E-state index contributed by atoms with van der Waals surface area (Å²) >= 11 is 0. The van der Waals surface area contributed by atoms with Crippen molar-refractivity contribution in [3.05, 3.63) is 0 Å². The van der Waals surface area contributed by atoms with Crippen molar-refractivity contribution in [1.29, 1.82) is 0 Å². The smallest absolute Gasteiger partial charge is 0.161 e. The first-order valence-electron chi connectivity index (χ1n) is 4.59. The Morgan fingerprint density at radius 2 is 1.58 bits per heavy atom. The van der Waals surface area contributed by atoms with E-state index in [1.165, 1.54) is 6.92 Å². The van der Waals surface area contributed by atoms with Crippen LogP contribution >= 0.6 is 0 Å². The van der Waals surface area contributed by atoms with E-state index in [9.17, 15) is 9.90 Å². The van der Waals surface area contributed by atoms with Crippen molar-refractivity contribution >= 4 is 5.78 Å². The van der Waals surface area contributed by atoms with Gasteiger partial charge in [0.1, 0.15) is 5.60 Å². The summed E-state index contributed by atoms with van der Waals surface area (Å²) in [5.74, 6) is -0.0713. The molecule has 0 bridgehead atoms. The molecule has 0 aromatic rings. The summed E-state index contributed by atoms with van der Waals surface area (Å²) in [6, 6.07) is 0. The largest absolute Gasteiger partial charge is 0.382 e. The molecule has 1 N–H and O–H groups in total. The van der Waals surface area contributed by atoms with Crippen molar-refractivity contribution in [3.8, 4) is 0 Å². The van der Waals surface area contributed by atoms with E-state index in [1.54, 1.807) is 0 Å². The lowest BCUT2D eigenvalue weighted by atomic mass is 9.70. The van der Waals surface area contributed by atoms with E-state index in [2.05, 4.69) is 13.8 Å². The normalized spacial score (nSPS) is 26.7. The molecule has 0 heterocycles. The van der Waals surface area contributed by atoms with Crippen LogP contribution in [0.5, 0.6) is 0 Å². The van der Waals surface area contributed by atoms with Crippen LogP contribution in [0.4, 0.5) is 0 Å². The van der Waals surface area contributed by atoms with Gasteiger partial charge in [-0.05, 0) is 38.0 Å². The van der Waals surface area contributed by atoms with Gasteiger partial charge < -0.3 is 5.11 Å². The second kappa shape index (κ2) is 2.84. The van der Waals surface area contributed by atoms with Crippen molar-refractivity contribution in [1.82, 2.24) is 0 Å². The van der Waals surface area contributed by atoms with Crippen LogP contribution in [0.3, 0.4) is 0 Å². The van der Waals surface area contributed by atoms with Gasteiger partial charge in [-0.1, -0.05) is 13.8 Å². The molecule has 2 heteroatoms. The van der Waals surface area contributed by atoms with Crippen LogP contribution in [-0.4, -0.2) is 16.5 Å². The molecule has 0 amide bonds. The molecule has 0 radical (unpaired) electrons. The van der Waals surface area contributed by atoms with E-state index in [-0.39, 0.29) is 5.78 Å². The first-order valence-corrected chi connectivity index (χ1v) is 4.59. The number of rotatable bonds is 1. The van der Waals surface area contributed by atoms with E-state index in [0.29, 0.717) is 18.3 Å². The van der Waals surface area contributed by atoms with Crippen molar-refractivity contribution in [2.24, 2.45) is 5.41 Å². The lowest BCUT2D eigenvalue weighted by Gasteiger charge is -2.38. The Bertz CT molecular complexity index is 184. The SMILES string of the molecule is CC(=O)C1(O)CCC(C)(C)CC1. The molecule has 0 atom stereocenters. The standard InChI is InChI=1S/C10H18O2/c1-8(11)10(12)6-4-9(2,3)5-7-10/h12H,4-7H2,1-3H3. The molecular formula is C10H18O2. The number of Topliss-reactive ketones (excluding diaryl/α,β-unsaturated/α-hetero) is 1. The highest BCUT2D eigenvalue weighted by molar-refractivity contribution is 5.84. The Morgan fingerprint density at radius 1 is 1.17 bits per heavy atom. The second-order valence-electron chi connectivity index (χ2n) is 4.75. The van der Waals surface area contributed by atoms with Crippen molar-refractivity contribution in [2.75, 3.05) is 0 Å². The van der Waals surface area contributed by atoms with E-state index in [1.807, 2.05) is 0 Å². The first-order chi connectivity index (χ1) is 5.36. The van der Waals surface area contributed by atoms with Crippen LogP contribution in [0, 0.1) is 5.41 Å². The van der Waals surface area contributed by atoms with Gasteiger partial charge in [0, 0.05) is 0 Å². The third-order valence-corrected chi connectivity index (χ3v) is 3.09. The van der Waals surface area contributed by atoms with Crippen molar-refractivity contribution in [3.63, 3.8) is 0 Å². The minimum Gasteiger partial charge on any atom is -0.382 e. The minimum absolute atomic E-state index is 0.0713. The van der Waals surface area contributed by atoms with Crippen LogP contribution in [0.15, 0.2) is 0 Å². The van der Waals surface area contributed by atoms with E-state index >= 15 is 0 Å². The molecule has 0 aliphatic heterocycles. The predicted octanol–water partition coefficient (Wildman–Crippen LogP) is 1.91. The number of carbonyl (C=O) groups is 1. The molecular weight excluding hydrogens is 152 g/mol. The van der Waals surface area contributed by atoms with Gasteiger partial charge in [-0.2, -0.15) is 0 Å². The zero-order valence-electron chi connectivity index (χ0n) is 8.18. The molecule has 1 aliphatic rings. The van der Waals surface area contributed by atoms with Gasteiger partial charge in [0.15, 0.2) is 5.78 Å². The predicted molar refractivity (Wildman–Crippen MR) is 47.9 cm³/mol. The van der Waals surface area contributed by atoms with Gasteiger partial charge in [-0.25, -0.2) is 0 Å². The number of hydrogen-bond donors (Lipinski definition) is 1. The third-order valence-electron chi connectivity index (χ3n) is 3.09. The third kappa shape index (κ3) is 1.86. The lowest BCUT2D eigenvalue weighted by Crippen LogP contribution is -2.42. The molecule has 0 saturated heterocycles. The summed E-state index contributed by atoms with van der Waals surface area (Å²) in [6.07, 6.45) is 3.16. The van der Waals surface area contributed by atoms with Gasteiger partial charge in [0.05, 0.1) is 0 Å². The fourth-order valence-corrected chi connectivity index (χ4v) is 1.69. The maximum Gasteiger partial charge on any atom is 0.161 e. The quantitative estimate of drug-likeness (QED) is 0.652. The highest BCUT2D eigenvalue weighted by Crippen LogP contribution is 2.40. The van der Waals surface area contributed by atoms with Crippen molar-refractivity contribution < 1.29 is 9.90 Å². The van der Waals surface area contributed by atoms with Crippen LogP contribution in [0.1, 0.15) is 46.5 Å². The fourth-order valence-electron chi connectivity index (χ4n) is 1.69. The summed E-state index contributed by atoms with van der Waals surface area (Å²) in [4.78, 5) is 11.1. The van der Waals surface area contributed by atoms with Crippen LogP contribution in [0.25, 0.3) is 0 Å². The number of carbonyl (C=O) groups excluding carboxylic acids is 1. The molecule has 0 unspecified atom stereocenters.